The molecule has 4 rings (SSSR count). The zero-order valence-electron chi connectivity index (χ0n) is 15.5. The van der Waals surface area contributed by atoms with Crippen molar-refractivity contribution < 1.29 is 4.79 Å². The molecule has 0 radical (unpaired) electrons. The number of allylic oxidation sites excluding steroid dienone is 1. The summed E-state index contributed by atoms with van der Waals surface area (Å²) in [5.41, 5.74) is 11.3. The van der Waals surface area contributed by atoms with E-state index in [4.69, 9.17) is 10.6 Å². The molecule has 0 bridgehead atoms. The van der Waals surface area contributed by atoms with Crippen molar-refractivity contribution >= 4 is 17.7 Å². The van der Waals surface area contributed by atoms with Crippen molar-refractivity contribution in [1.29, 1.82) is 5.53 Å². The Hall–Kier alpha value is -3.37. The number of hydrogen-bond acceptors (Lipinski definition) is 4. The minimum atomic E-state index is -0.231. The molecular formula is C22H22N5O+. The fraction of sp³-hybridized carbons (Fsp3) is 0.273. The van der Waals surface area contributed by atoms with Gasteiger partial charge in [0.2, 0.25) is 11.5 Å². The molecule has 2 aromatic carbocycles. The lowest BCUT2D eigenvalue weighted by atomic mass is 9.77. The maximum atomic E-state index is 12.8. The Morgan fingerprint density at radius 3 is 2.61 bits per heavy atom. The number of nitrogens with zero attached hydrogens (tertiary/aromatic N) is 4. The molecule has 2 aliphatic rings. The Kier molecular flexibility index (Phi) is 5.22. The van der Waals surface area contributed by atoms with Gasteiger partial charge in [-0.3, -0.25) is 4.79 Å². The molecule has 0 saturated heterocycles. The third-order valence-electron chi connectivity index (χ3n) is 5.32. The van der Waals surface area contributed by atoms with Crippen molar-refractivity contribution in [3.05, 3.63) is 77.4 Å². The third kappa shape index (κ3) is 3.55. The Balaban J connectivity index is 1.74. The van der Waals surface area contributed by atoms with Gasteiger partial charge in [-0.25, -0.2) is 5.01 Å². The van der Waals surface area contributed by atoms with Crippen LogP contribution in [0.3, 0.4) is 0 Å². The summed E-state index contributed by atoms with van der Waals surface area (Å²) in [4.78, 5) is 15.7. The molecule has 0 spiro atoms. The van der Waals surface area contributed by atoms with Crippen LogP contribution in [0, 0.1) is 11.4 Å². The van der Waals surface area contributed by atoms with E-state index in [1.807, 2.05) is 48.5 Å². The lowest BCUT2D eigenvalue weighted by Crippen LogP contribution is -2.33. The number of amides is 1. The topological polar surface area (TPSA) is 83.0 Å². The lowest BCUT2D eigenvalue weighted by Gasteiger charge is -2.29. The summed E-state index contributed by atoms with van der Waals surface area (Å²) in [5, 5.41) is 9.90. The first kappa shape index (κ1) is 18.0. The van der Waals surface area contributed by atoms with E-state index in [2.05, 4.69) is 28.2 Å². The second kappa shape index (κ2) is 8.11. The van der Waals surface area contributed by atoms with Crippen LogP contribution in [-0.2, 0) is 4.79 Å². The number of hydrogen-bond donors (Lipinski definition) is 1. The van der Waals surface area contributed by atoms with E-state index in [1.165, 1.54) is 5.57 Å². The van der Waals surface area contributed by atoms with E-state index in [0.29, 0.717) is 0 Å². The van der Waals surface area contributed by atoms with Crippen molar-refractivity contribution in [2.45, 2.75) is 25.3 Å². The van der Waals surface area contributed by atoms with Crippen LogP contribution in [0.5, 0.6) is 0 Å². The highest BCUT2D eigenvalue weighted by Crippen LogP contribution is 2.44. The van der Waals surface area contributed by atoms with E-state index >= 15 is 0 Å². The number of carbonyl (C=O) groups excluding carboxylic acids is 1. The molecule has 1 fully saturated rings. The molecule has 6 nitrogen and oxygen atoms in total. The van der Waals surface area contributed by atoms with Gasteiger partial charge in [-0.15, -0.1) is 0 Å². The van der Waals surface area contributed by atoms with Crippen LogP contribution >= 0.6 is 0 Å². The smallest absolute Gasteiger partial charge is 0.270 e. The predicted molar refractivity (Wildman–Crippen MR) is 107 cm³/mol. The molecule has 1 aliphatic carbocycles. The van der Waals surface area contributed by atoms with Crippen LogP contribution in [-0.4, -0.2) is 23.2 Å². The SMILES string of the molecule is N=[N+]=NCC(=O)N1N=C2/C(=C/c3ccccc3)CCCC2C1c1ccccc1. The summed E-state index contributed by atoms with van der Waals surface area (Å²) < 4.78 is 0. The highest BCUT2D eigenvalue weighted by atomic mass is 16.2. The number of benzene rings is 2. The summed E-state index contributed by atoms with van der Waals surface area (Å²) in [6, 6.07) is 20.1. The van der Waals surface area contributed by atoms with Crippen LogP contribution in [0.1, 0.15) is 36.4 Å². The standard InChI is InChI=1S/C22H22N5O/c23-26-24-15-20(28)27-22(17-10-5-2-6-11-17)19-13-7-12-18(21(19)25-27)14-16-8-3-1-4-9-16/h1-6,8-11,14,19,22-23H,7,12-13,15H2/q+1/b18-14+. The van der Waals surface area contributed by atoms with E-state index in [-0.39, 0.29) is 24.4 Å². The number of hydrazone groups is 1. The van der Waals surface area contributed by atoms with Gasteiger partial charge in [0.05, 0.1) is 11.8 Å². The second-order valence-electron chi connectivity index (χ2n) is 7.06. The molecule has 28 heavy (non-hydrogen) atoms. The average Bonchev–Trinajstić information content (AvgIpc) is 3.14. The second-order valence-corrected chi connectivity index (χ2v) is 7.06. The Bertz CT molecular complexity index is 961. The maximum absolute atomic E-state index is 12.8. The van der Waals surface area contributed by atoms with E-state index in [0.717, 1.165) is 36.1 Å². The quantitative estimate of drug-likeness (QED) is 0.628. The van der Waals surface area contributed by atoms with Gasteiger partial charge in [-0.2, -0.15) is 5.10 Å². The van der Waals surface area contributed by atoms with Gasteiger partial charge in [0.1, 0.15) is 10.6 Å². The van der Waals surface area contributed by atoms with Gasteiger partial charge in [-0.05, 0) is 42.0 Å². The molecule has 0 aromatic heterocycles. The van der Waals surface area contributed by atoms with Gasteiger partial charge in [0, 0.05) is 5.92 Å². The minimum Gasteiger partial charge on any atom is -0.270 e. The number of carbonyl (C=O) groups is 1. The molecule has 140 valence electrons. The Labute approximate surface area is 163 Å². The summed E-state index contributed by atoms with van der Waals surface area (Å²) in [7, 11) is 0. The van der Waals surface area contributed by atoms with Crippen LogP contribution in [0.25, 0.3) is 6.08 Å². The summed E-state index contributed by atoms with van der Waals surface area (Å²) in [5.74, 6) is -0.0613. The van der Waals surface area contributed by atoms with Crippen molar-refractivity contribution in [3.8, 4) is 0 Å². The predicted octanol–water partition coefficient (Wildman–Crippen LogP) is 4.36. The monoisotopic (exact) mass is 372 g/mol. The Morgan fingerprint density at radius 1 is 1.18 bits per heavy atom. The number of nitrogens with one attached hydrogen (secondary N) is 1. The first-order valence-electron chi connectivity index (χ1n) is 9.52. The molecule has 6 heteroatoms. The average molecular weight is 372 g/mol. The minimum absolute atomic E-state index is 0.135. The molecule has 1 saturated carbocycles. The van der Waals surface area contributed by atoms with E-state index < -0.39 is 0 Å². The van der Waals surface area contributed by atoms with Crippen molar-refractivity contribution in [1.82, 2.24) is 9.92 Å². The van der Waals surface area contributed by atoms with Gasteiger partial charge in [0.25, 0.3) is 5.91 Å². The first-order chi connectivity index (χ1) is 13.8. The zero-order chi connectivity index (χ0) is 19.3. The highest BCUT2D eigenvalue weighted by molar-refractivity contribution is 6.08. The fourth-order valence-corrected chi connectivity index (χ4v) is 4.11. The third-order valence-corrected chi connectivity index (χ3v) is 5.32. The largest absolute Gasteiger partial charge is 0.272 e. The molecule has 2 atom stereocenters. The lowest BCUT2D eigenvalue weighted by molar-refractivity contribution is -0.132. The van der Waals surface area contributed by atoms with Crippen LogP contribution in [0.4, 0.5) is 0 Å². The van der Waals surface area contributed by atoms with E-state index in [1.54, 1.807) is 5.01 Å². The normalized spacial score (nSPS) is 22.4. The molecule has 1 heterocycles. The van der Waals surface area contributed by atoms with Gasteiger partial charge >= 0.3 is 0 Å². The Morgan fingerprint density at radius 2 is 1.89 bits per heavy atom. The maximum Gasteiger partial charge on any atom is 0.272 e. The molecule has 2 unspecified atom stereocenters. The molecule has 1 amide bonds. The van der Waals surface area contributed by atoms with Crippen molar-refractivity contribution in [2.24, 2.45) is 16.1 Å². The molecule has 1 N–H and O–H groups in total. The van der Waals surface area contributed by atoms with Crippen molar-refractivity contribution in [3.63, 3.8) is 0 Å². The van der Waals surface area contributed by atoms with Gasteiger partial charge in [-0.1, -0.05) is 60.7 Å². The summed E-state index contributed by atoms with van der Waals surface area (Å²) >= 11 is 0. The number of rotatable bonds is 4. The van der Waals surface area contributed by atoms with Crippen LogP contribution in [0.2, 0.25) is 0 Å². The summed E-state index contributed by atoms with van der Waals surface area (Å²) in [6.45, 7) is -0.159. The zero-order valence-corrected chi connectivity index (χ0v) is 15.5. The van der Waals surface area contributed by atoms with Crippen LogP contribution < -0.4 is 4.91 Å². The molecule has 2 aromatic rings. The molecular weight excluding hydrogens is 350 g/mol. The molecule has 1 aliphatic heterocycles. The first-order valence-corrected chi connectivity index (χ1v) is 9.52. The highest BCUT2D eigenvalue weighted by Gasteiger charge is 2.43. The van der Waals surface area contributed by atoms with E-state index in [9.17, 15) is 4.79 Å². The summed E-state index contributed by atoms with van der Waals surface area (Å²) in [6.07, 6.45) is 5.21. The van der Waals surface area contributed by atoms with Crippen molar-refractivity contribution in [2.75, 3.05) is 6.54 Å². The van der Waals surface area contributed by atoms with Gasteiger partial charge in [0.15, 0.2) is 0 Å². The number of fused-ring (bicyclic) bond motifs is 1. The van der Waals surface area contributed by atoms with Gasteiger partial charge < -0.3 is 0 Å². The van der Waals surface area contributed by atoms with Crippen LogP contribution in [0.15, 0.2) is 76.5 Å². The fourth-order valence-electron chi connectivity index (χ4n) is 4.11.